The maximum atomic E-state index is 13.4. The van der Waals surface area contributed by atoms with Gasteiger partial charge >= 0.3 is 5.91 Å². The van der Waals surface area contributed by atoms with E-state index in [1.54, 1.807) is 29.3 Å². The largest absolute Gasteiger partial charge is 0.484 e. The molecule has 10 heteroatoms. The lowest BCUT2D eigenvalue weighted by molar-refractivity contribution is -0.123. The smallest absolute Gasteiger partial charge is 0.301 e. The van der Waals surface area contributed by atoms with E-state index in [2.05, 4.69) is 10.7 Å². The normalized spacial score (nSPS) is 16.3. The molecule has 4 rings (SSSR count). The van der Waals surface area contributed by atoms with E-state index >= 15 is 0 Å². The van der Waals surface area contributed by atoms with Crippen molar-refractivity contribution in [2.45, 2.75) is 6.42 Å². The van der Waals surface area contributed by atoms with E-state index in [9.17, 15) is 14.0 Å². The monoisotopic (exact) mass is 479 g/mol. The van der Waals surface area contributed by atoms with E-state index in [0.29, 0.717) is 30.2 Å². The molecule has 1 saturated heterocycles. The zero-order chi connectivity index (χ0) is 22.7. The van der Waals surface area contributed by atoms with Gasteiger partial charge in [-0.25, -0.2) is 9.40 Å². The summed E-state index contributed by atoms with van der Waals surface area (Å²) in [5.74, 6) is -0.667. The van der Waals surface area contributed by atoms with Crippen molar-refractivity contribution in [2.75, 3.05) is 26.2 Å². The quantitative estimate of drug-likeness (QED) is 0.534. The van der Waals surface area contributed by atoms with Gasteiger partial charge < -0.3 is 14.5 Å². The molecule has 0 spiro atoms. The highest BCUT2D eigenvalue weighted by Crippen LogP contribution is 2.23. The van der Waals surface area contributed by atoms with Gasteiger partial charge in [-0.3, -0.25) is 15.0 Å². The van der Waals surface area contributed by atoms with Crippen LogP contribution in [-0.4, -0.2) is 43.1 Å². The minimum atomic E-state index is -0.607. The predicted molar refractivity (Wildman–Crippen MR) is 118 cm³/mol. The molecule has 168 valence electrons. The maximum Gasteiger partial charge on any atom is 0.301 e. The second kappa shape index (κ2) is 9.77. The summed E-state index contributed by atoms with van der Waals surface area (Å²) in [6.07, 6.45) is 0.805. The Bertz CT molecular complexity index is 1150. The van der Waals surface area contributed by atoms with Crippen LogP contribution in [0, 0.1) is 11.7 Å². The van der Waals surface area contributed by atoms with Crippen LogP contribution in [0.2, 0.25) is 10.0 Å². The molecule has 0 bridgehead atoms. The summed E-state index contributed by atoms with van der Waals surface area (Å²) in [5.41, 5.74) is 3.42. The van der Waals surface area contributed by atoms with E-state index in [-0.39, 0.29) is 40.9 Å². The Kier molecular flexibility index (Phi) is 6.83. The number of furan rings is 1. The average Bonchev–Trinajstić information content (AvgIpc) is 3.39. The minimum Gasteiger partial charge on any atom is -0.484 e. The van der Waals surface area contributed by atoms with Crippen molar-refractivity contribution in [2.24, 2.45) is 5.92 Å². The van der Waals surface area contributed by atoms with Crippen LogP contribution in [-0.2, 0) is 4.79 Å². The number of benzene rings is 2. The molecule has 0 unspecified atom stereocenters. The standard InChI is InChI=1S/C22H20Cl2FN3O4/c23-15-1-4-19-14(7-15)8-20(32-19)22(30)27-28-6-5-13(11-28)10-26-21(29)12-31-16-2-3-17(24)18(25)9-16/h1-4,7-9,13H,5-6,10-12H2,(H,26,29)(H,27,30)/t13-/m1/s1. The first-order chi connectivity index (χ1) is 15.4. The molecule has 1 aliphatic heterocycles. The van der Waals surface area contributed by atoms with Crippen LogP contribution in [0.5, 0.6) is 5.75 Å². The second-order valence-corrected chi connectivity index (χ2v) is 8.35. The third kappa shape index (κ3) is 5.51. The van der Waals surface area contributed by atoms with E-state index in [1.165, 1.54) is 12.1 Å². The molecule has 32 heavy (non-hydrogen) atoms. The van der Waals surface area contributed by atoms with Gasteiger partial charge in [0.15, 0.2) is 12.4 Å². The van der Waals surface area contributed by atoms with Crippen LogP contribution in [0.15, 0.2) is 46.9 Å². The lowest BCUT2D eigenvalue weighted by atomic mass is 10.1. The highest BCUT2D eigenvalue weighted by Gasteiger charge is 2.25. The number of carbonyl (C=O) groups is 2. The molecule has 0 saturated carbocycles. The maximum absolute atomic E-state index is 13.4. The first-order valence-corrected chi connectivity index (χ1v) is 10.7. The van der Waals surface area contributed by atoms with Gasteiger partial charge in [-0.05, 0) is 48.7 Å². The fraction of sp³-hybridized carbons (Fsp3) is 0.273. The number of ether oxygens (including phenoxy) is 1. The highest BCUT2D eigenvalue weighted by molar-refractivity contribution is 6.31. The zero-order valence-electron chi connectivity index (χ0n) is 16.9. The molecule has 0 radical (unpaired) electrons. The Hall–Kier alpha value is -2.81. The summed E-state index contributed by atoms with van der Waals surface area (Å²) in [6.45, 7) is 1.44. The van der Waals surface area contributed by atoms with Gasteiger partial charge in [0.2, 0.25) is 0 Å². The number of carbonyl (C=O) groups excluding carboxylic acids is 2. The SMILES string of the molecule is O=C(COc1ccc(Cl)c(F)c1)NC[C@H]1CCN(NC(=O)c2cc3cc(Cl)ccc3o2)C1. The van der Waals surface area contributed by atoms with Crippen LogP contribution in [0.1, 0.15) is 17.0 Å². The van der Waals surface area contributed by atoms with Gasteiger partial charge in [0, 0.05) is 36.1 Å². The summed E-state index contributed by atoms with van der Waals surface area (Å²) in [5, 5.41) is 5.91. The summed E-state index contributed by atoms with van der Waals surface area (Å²) in [7, 11) is 0. The van der Waals surface area contributed by atoms with Crippen molar-refractivity contribution >= 4 is 46.0 Å². The van der Waals surface area contributed by atoms with Gasteiger partial charge in [0.1, 0.15) is 17.1 Å². The van der Waals surface area contributed by atoms with Crippen LogP contribution >= 0.6 is 23.2 Å². The number of hydrazine groups is 1. The molecular weight excluding hydrogens is 460 g/mol. The lowest BCUT2D eigenvalue weighted by Gasteiger charge is -2.17. The average molecular weight is 480 g/mol. The molecule has 1 atom stereocenters. The van der Waals surface area contributed by atoms with E-state index in [0.717, 1.165) is 17.9 Å². The van der Waals surface area contributed by atoms with E-state index < -0.39 is 5.82 Å². The van der Waals surface area contributed by atoms with E-state index in [4.69, 9.17) is 32.4 Å². The molecule has 0 aliphatic carbocycles. The van der Waals surface area contributed by atoms with Crippen molar-refractivity contribution in [1.82, 2.24) is 15.8 Å². The summed E-state index contributed by atoms with van der Waals surface area (Å²) in [6, 6.07) is 10.8. The van der Waals surface area contributed by atoms with Gasteiger partial charge in [-0.1, -0.05) is 23.2 Å². The second-order valence-electron chi connectivity index (χ2n) is 7.50. The van der Waals surface area contributed by atoms with Gasteiger partial charge in [0.05, 0.1) is 5.02 Å². The number of nitrogens with zero attached hydrogens (tertiary/aromatic N) is 1. The first kappa shape index (κ1) is 22.4. The number of halogens is 3. The number of nitrogens with one attached hydrogen (secondary N) is 2. The van der Waals surface area contributed by atoms with E-state index in [1.807, 2.05) is 0 Å². The third-order valence-electron chi connectivity index (χ3n) is 5.10. The van der Waals surface area contributed by atoms with Crippen molar-refractivity contribution < 1.29 is 23.1 Å². The van der Waals surface area contributed by atoms with Crippen LogP contribution in [0.25, 0.3) is 11.0 Å². The zero-order valence-corrected chi connectivity index (χ0v) is 18.4. The van der Waals surface area contributed by atoms with Crippen molar-refractivity contribution in [3.63, 3.8) is 0 Å². The van der Waals surface area contributed by atoms with Gasteiger partial charge in [-0.2, -0.15) is 0 Å². The number of hydrogen-bond acceptors (Lipinski definition) is 5. The highest BCUT2D eigenvalue weighted by atomic mass is 35.5. The van der Waals surface area contributed by atoms with Crippen LogP contribution in [0.3, 0.4) is 0 Å². The topological polar surface area (TPSA) is 83.8 Å². The molecule has 2 N–H and O–H groups in total. The first-order valence-electron chi connectivity index (χ1n) is 9.97. The molecule has 7 nitrogen and oxygen atoms in total. The molecule has 2 aromatic carbocycles. The number of fused-ring (bicyclic) bond motifs is 1. The molecule has 3 aromatic rings. The molecule has 1 aliphatic rings. The van der Waals surface area contributed by atoms with Crippen LogP contribution in [0.4, 0.5) is 4.39 Å². The fourth-order valence-electron chi connectivity index (χ4n) is 3.45. The fourth-order valence-corrected chi connectivity index (χ4v) is 3.75. The van der Waals surface area contributed by atoms with Crippen LogP contribution < -0.4 is 15.5 Å². The molecule has 1 fully saturated rings. The third-order valence-corrected chi connectivity index (χ3v) is 5.64. The Morgan fingerprint density at radius 2 is 2.03 bits per heavy atom. The Morgan fingerprint density at radius 1 is 1.19 bits per heavy atom. The summed E-state index contributed by atoms with van der Waals surface area (Å²) >= 11 is 11.6. The molecule has 2 amide bonds. The Morgan fingerprint density at radius 3 is 2.84 bits per heavy atom. The molecular formula is C22H20Cl2FN3O4. The number of rotatable bonds is 7. The summed E-state index contributed by atoms with van der Waals surface area (Å²) < 4.78 is 24.3. The number of hydrogen-bond donors (Lipinski definition) is 2. The van der Waals surface area contributed by atoms with Crippen molar-refractivity contribution in [3.8, 4) is 5.75 Å². The molecule has 1 aromatic heterocycles. The molecule has 2 heterocycles. The Labute approximate surface area is 193 Å². The number of amides is 2. The lowest BCUT2D eigenvalue weighted by Crippen LogP contribution is -2.41. The minimum absolute atomic E-state index is 0.00982. The summed E-state index contributed by atoms with van der Waals surface area (Å²) in [4.78, 5) is 24.5. The van der Waals surface area contributed by atoms with Crippen molar-refractivity contribution in [3.05, 3.63) is 64.1 Å². The predicted octanol–water partition coefficient (Wildman–Crippen LogP) is 4.04. The van der Waals surface area contributed by atoms with Gasteiger partial charge in [0.25, 0.3) is 5.91 Å². The van der Waals surface area contributed by atoms with Gasteiger partial charge in [-0.15, -0.1) is 0 Å². The van der Waals surface area contributed by atoms with Crippen molar-refractivity contribution in [1.29, 1.82) is 0 Å². The Balaban J connectivity index is 1.20.